The molecule has 2 rings (SSSR count). The molecule has 1 aromatic carbocycles. The minimum atomic E-state index is -0.0690. The van der Waals surface area contributed by atoms with Crippen molar-refractivity contribution in [3.05, 3.63) is 23.8 Å². The van der Waals surface area contributed by atoms with Gasteiger partial charge in [-0.1, -0.05) is 25.7 Å². The summed E-state index contributed by atoms with van der Waals surface area (Å²) in [5, 5.41) is 2.66. The average molecular weight is 275 g/mol. The van der Waals surface area contributed by atoms with Crippen molar-refractivity contribution in [2.75, 3.05) is 24.7 Å². The number of carbonyl (C=O) groups is 1. The van der Waals surface area contributed by atoms with E-state index in [0.717, 1.165) is 11.4 Å². The molecule has 1 aliphatic carbocycles. The maximum atomic E-state index is 11.8. The first-order valence-corrected chi connectivity index (χ1v) is 7.48. The zero-order chi connectivity index (χ0) is 14.5. The van der Waals surface area contributed by atoms with Crippen LogP contribution in [0.4, 0.5) is 11.4 Å². The molecule has 1 aliphatic rings. The van der Waals surface area contributed by atoms with Gasteiger partial charge in [-0.3, -0.25) is 4.79 Å². The van der Waals surface area contributed by atoms with Crippen molar-refractivity contribution in [3.63, 3.8) is 0 Å². The molecule has 0 aliphatic heterocycles. The SMILES string of the molecule is CNC(=O)c1ccc(N)c(N(C)C2CCCCCC2)c1. The van der Waals surface area contributed by atoms with E-state index >= 15 is 0 Å². The molecule has 110 valence electrons. The third kappa shape index (κ3) is 3.24. The highest BCUT2D eigenvalue weighted by Gasteiger charge is 2.19. The molecule has 0 unspecified atom stereocenters. The van der Waals surface area contributed by atoms with Gasteiger partial charge < -0.3 is 16.0 Å². The lowest BCUT2D eigenvalue weighted by molar-refractivity contribution is 0.0963. The zero-order valence-electron chi connectivity index (χ0n) is 12.5. The standard InChI is InChI=1S/C16H25N3O/c1-18-16(20)12-9-10-14(17)15(11-12)19(2)13-7-5-3-4-6-8-13/h9-11,13H,3-8,17H2,1-2H3,(H,18,20). The lowest BCUT2D eigenvalue weighted by atomic mass is 10.1. The van der Waals surface area contributed by atoms with Gasteiger partial charge in [0, 0.05) is 25.7 Å². The molecule has 0 bridgehead atoms. The minimum absolute atomic E-state index is 0.0690. The number of carbonyl (C=O) groups excluding carboxylic acids is 1. The fraction of sp³-hybridized carbons (Fsp3) is 0.562. The van der Waals surface area contributed by atoms with Crippen LogP contribution >= 0.6 is 0 Å². The molecule has 0 saturated heterocycles. The molecule has 0 spiro atoms. The van der Waals surface area contributed by atoms with Crippen LogP contribution in [0.3, 0.4) is 0 Å². The second-order valence-corrected chi connectivity index (χ2v) is 5.61. The molecule has 1 amide bonds. The maximum absolute atomic E-state index is 11.8. The number of nitrogens with two attached hydrogens (primary N) is 1. The van der Waals surface area contributed by atoms with Crippen molar-refractivity contribution < 1.29 is 4.79 Å². The average Bonchev–Trinajstić information content (AvgIpc) is 2.75. The fourth-order valence-electron chi connectivity index (χ4n) is 2.98. The normalized spacial score (nSPS) is 16.5. The summed E-state index contributed by atoms with van der Waals surface area (Å²) >= 11 is 0. The molecule has 1 fully saturated rings. The Hall–Kier alpha value is -1.71. The third-order valence-corrected chi connectivity index (χ3v) is 4.27. The van der Waals surface area contributed by atoms with Crippen LogP contribution in [0.5, 0.6) is 0 Å². The summed E-state index contributed by atoms with van der Waals surface area (Å²) in [7, 11) is 3.74. The van der Waals surface area contributed by atoms with Gasteiger partial charge in [0.15, 0.2) is 0 Å². The number of nitrogens with one attached hydrogen (secondary N) is 1. The van der Waals surface area contributed by atoms with Crippen LogP contribution in [-0.2, 0) is 0 Å². The number of hydrogen-bond acceptors (Lipinski definition) is 3. The highest BCUT2D eigenvalue weighted by atomic mass is 16.1. The summed E-state index contributed by atoms with van der Waals surface area (Å²) in [5.41, 5.74) is 8.48. The summed E-state index contributed by atoms with van der Waals surface area (Å²) in [6, 6.07) is 6.03. The molecule has 1 aromatic rings. The van der Waals surface area contributed by atoms with Gasteiger partial charge in [-0.15, -0.1) is 0 Å². The van der Waals surface area contributed by atoms with Crippen molar-refractivity contribution in [1.82, 2.24) is 5.32 Å². The van der Waals surface area contributed by atoms with E-state index in [1.807, 2.05) is 12.1 Å². The Bertz CT molecular complexity index is 465. The number of rotatable bonds is 3. The Morgan fingerprint density at radius 2 is 1.90 bits per heavy atom. The van der Waals surface area contributed by atoms with Crippen LogP contribution in [-0.4, -0.2) is 26.0 Å². The highest BCUT2D eigenvalue weighted by molar-refractivity contribution is 5.96. The number of nitrogens with zero attached hydrogens (tertiary/aromatic N) is 1. The second kappa shape index (κ2) is 6.64. The molecule has 0 heterocycles. The summed E-state index contributed by atoms with van der Waals surface area (Å²) in [5.74, 6) is -0.0690. The smallest absolute Gasteiger partial charge is 0.251 e. The lowest BCUT2D eigenvalue weighted by Gasteiger charge is -2.30. The van der Waals surface area contributed by atoms with E-state index in [4.69, 9.17) is 5.73 Å². The van der Waals surface area contributed by atoms with E-state index in [1.165, 1.54) is 38.5 Å². The molecule has 0 atom stereocenters. The fourth-order valence-corrected chi connectivity index (χ4v) is 2.98. The van der Waals surface area contributed by atoms with Crippen LogP contribution in [0.25, 0.3) is 0 Å². The van der Waals surface area contributed by atoms with Crippen LogP contribution in [0, 0.1) is 0 Å². The van der Waals surface area contributed by atoms with Crippen molar-refractivity contribution in [2.24, 2.45) is 0 Å². The first kappa shape index (κ1) is 14.7. The van der Waals surface area contributed by atoms with Crippen molar-refractivity contribution in [2.45, 2.75) is 44.6 Å². The number of anilines is 2. The lowest BCUT2D eigenvalue weighted by Crippen LogP contribution is -2.32. The Kier molecular flexibility index (Phi) is 4.88. The van der Waals surface area contributed by atoms with E-state index in [-0.39, 0.29) is 5.91 Å². The Morgan fingerprint density at radius 1 is 1.25 bits per heavy atom. The van der Waals surface area contributed by atoms with E-state index in [0.29, 0.717) is 11.6 Å². The van der Waals surface area contributed by atoms with Gasteiger partial charge in [0.25, 0.3) is 5.91 Å². The number of amides is 1. The molecular weight excluding hydrogens is 250 g/mol. The van der Waals surface area contributed by atoms with Gasteiger partial charge >= 0.3 is 0 Å². The number of hydrogen-bond donors (Lipinski definition) is 2. The van der Waals surface area contributed by atoms with Gasteiger partial charge in [-0.2, -0.15) is 0 Å². The molecule has 3 N–H and O–H groups in total. The Balaban J connectivity index is 2.23. The number of benzene rings is 1. The zero-order valence-corrected chi connectivity index (χ0v) is 12.5. The summed E-state index contributed by atoms with van der Waals surface area (Å²) < 4.78 is 0. The topological polar surface area (TPSA) is 58.4 Å². The minimum Gasteiger partial charge on any atom is -0.397 e. The van der Waals surface area contributed by atoms with E-state index in [9.17, 15) is 4.79 Å². The predicted molar refractivity (Wildman–Crippen MR) is 84.1 cm³/mol. The van der Waals surface area contributed by atoms with Crippen molar-refractivity contribution in [1.29, 1.82) is 0 Å². The predicted octanol–water partition coefficient (Wildman–Crippen LogP) is 2.79. The first-order valence-electron chi connectivity index (χ1n) is 7.48. The van der Waals surface area contributed by atoms with Crippen molar-refractivity contribution >= 4 is 17.3 Å². The van der Waals surface area contributed by atoms with Crippen molar-refractivity contribution in [3.8, 4) is 0 Å². The number of nitrogen functional groups attached to an aromatic ring is 1. The summed E-state index contributed by atoms with van der Waals surface area (Å²) in [6.45, 7) is 0. The van der Waals surface area contributed by atoms with Gasteiger partial charge in [0.1, 0.15) is 0 Å². The molecular formula is C16H25N3O. The van der Waals surface area contributed by atoms with Crippen LogP contribution in [0.15, 0.2) is 18.2 Å². The molecule has 4 heteroatoms. The first-order chi connectivity index (χ1) is 9.63. The molecule has 20 heavy (non-hydrogen) atoms. The van der Waals surface area contributed by atoms with Gasteiger partial charge in [-0.05, 0) is 31.0 Å². The van der Waals surface area contributed by atoms with Crippen LogP contribution < -0.4 is 16.0 Å². The Labute approximate surface area is 121 Å². The van der Waals surface area contributed by atoms with Gasteiger partial charge in [0.2, 0.25) is 0 Å². The largest absolute Gasteiger partial charge is 0.397 e. The summed E-state index contributed by atoms with van der Waals surface area (Å²) in [6.07, 6.45) is 7.64. The van der Waals surface area contributed by atoms with E-state index in [2.05, 4.69) is 17.3 Å². The molecule has 1 saturated carbocycles. The summed E-state index contributed by atoms with van der Waals surface area (Å²) in [4.78, 5) is 14.0. The van der Waals surface area contributed by atoms with Gasteiger partial charge in [0.05, 0.1) is 11.4 Å². The van der Waals surface area contributed by atoms with E-state index in [1.54, 1.807) is 13.1 Å². The maximum Gasteiger partial charge on any atom is 0.251 e. The van der Waals surface area contributed by atoms with Crippen LogP contribution in [0.2, 0.25) is 0 Å². The molecule has 4 nitrogen and oxygen atoms in total. The van der Waals surface area contributed by atoms with Crippen LogP contribution in [0.1, 0.15) is 48.9 Å². The monoisotopic (exact) mass is 275 g/mol. The third-order valence-electron chi connectivity index (χ3n) is 4.27. The van der Waals surface area contributed by atoms with Gasteiger partial charge in [-0.25, -0.2) is 0 Å². The molecule has 0 radical (unpaired) electrons. The quantitative estimate of drug-likeness (QED) is 0.659. The second-order valence-electron chi connectivity index (χ2n) is 5.61. The molecule has 0 aromatic heterocycles. The van der Waals surface area contributed by atoms with E-state index < -0.39 is 0 Å². The highest BCUT2D eigenvalue weighted by Crippen LogP contribution is 2.30. The Morgan fingerprint density at radius 3 is 2.50 bits per heavy atom.